The van der Waals surface area contributed by atoms with Crippen LogP contribution in [-0.2, 0) is 10.9 Å². The number of halogens is 4. The van der Waals surface area contributed by atoms with Crippen LogP contribution in [0, 0.1) is 0 Å². The molecule has 0 amide bonds. The van der Waals surface area contributed by atoms with Gasteiger partial charge in [0.2, 0.25) is 0 Å². The van der Waals surface area contributed by atoms with Crippen molar-refractivity contribution in [1.82, 2.24) is 4.98 Å². The number of aromatic nitrogens is 1. The number of alkyl halides is 4. The summed E-state index contributed by atoms with van der Waals surface area (Å²) in [5.74, 6) is 0.283. The highest BCUT2D eigenvalue weighted by Crippen LogP contribution is 2.28. The summed E-state index contributed by atoms with van der Waals surface area (Å²) in [7, 11) is 3.25. The van der Waals surface area contributed by atoms with Crippen molar-refractivity contribution >= 4 is 21.7 Å². The fraction of sp³-hybridized carbons (Fsp3) is 0.545. The second-order valence-electron chi connectivity index (χ2n) is 3.81. The van der Waals surface area contributed by atoms with Crippen LogP contribution in [0.5, 0.6) is 0 Å². The fourth-order valence-corrected chi connectivity index (χ4v) is 2.12. The number of ether oxygens (including phenoxy) is 1. The Morgan fingerprint density at radius 2 is 2.11 bits per heavy atom. The third-order valence-electron chi connectivity index (χ3n) is 2.24. The summed E-state index contributed by atoms with van der Waals surface area (Å²) in [6, 6.07) is 3.85. The van der Waals surface area contributed by atoms with Crippen LogP contribution in [-0.4, -0.2) is 37.1 Å². The zero-order valence-electron chi connectivity index (χ0n) is 10.0. The molecule has 0 saturated heterocycles. The van der Waals surface area contributed by atoms with Gasteiger partial charge >= 0.3 is 6.18 Å². The van der Waals surface area contributed by atoms with E-state index in [4.69, 9.17) is 4.74 Å². The average molecular weight is 327 g/mol. The monoisotopic (exact) mass is 326 g/mol. The summed E-state index contributed by atoms with van der Waals surface area (Å²) in [4.78, 5) is 5.27. The van der Waals surface area contributed by atoms with Crippen LogP contribution in [0.4, 0.5) is 19.0 Å². The molecule has 7 heteroatoms. The first-order valence-corrected chi connectivity index (χ1v) is 6.14. The van der Waals surface area contributed by atoms with Gasteiger partial charge in [-0.3, -0.25) is 0 Å². The summed E-state index contributed by atoms with van der Waals surface area (Å²) in [5.41, 5.74) is -0.885. The Labute approximate surface area is 112 Å². The van der Waals surface area contributed by atoms with Crippen molar-refractivity contribution in [2.45, 2.75) is 11.0 Å². The van der Waals surface area contributed by atoms with Gasteiger partial charge in [-0.05, 0) is 12.1 Å². The van der Waals surface area contributed by atoms with Gasteiger partial charge in [0.15, 0.2) is 0 Å². The third kappa shape index (κ3) is 4.45. The van der Waals surface area contributed by atoms with Gasteiger partial charge in [-0.25, -0.2) is 4.98 Å². The molecule has 0 aliphatic carbocycles. The molecule has 0 aromatic carbocycles. The third-order valence-corrected chi connectivity index (χ3v) is 2.79. The van der Waals surface area contributed by atoms with Crippen molar-refractivity contribution in [1.29, 1.82) is 0 Å². The van der Waals surface area contributed by atoms with E-state index in [0.717, 1.165) is 6.07 Å². The Hall–Kier alpha value is -0.820. The number of hydrogen-bond acceptors (Lipinski definition) is 3. The minimum atomic E-state index is -4.42. The molecule has 0 saturated carbocycles. The van der Waals surface area contributed by atoms with Crippen molar-refractivity contribution in [3.8, 4) is 0 Å². The molecular formula is C11H14BrF3N2O. The maximum absolute atomic E-state index is 12.5. The molecule has 1 unspecified atom stereocenters. The standard InChI is InChI=1S/C11H14BrF3N2O/c1-17(6-8(12)7-18-2)10-5-3-4-9(16-10)11(13,14)15/h3-5,8H,6-7H2,1-2H3. The molecule has 1 rings (SSSR count). The minimum Gasteiger partial charge on any atom is -0.383 e. The molecule has 1 aromatic heterocycles. The molecule has 0 radical (unpaired) electrons. The second-order valence-corrected chi connectivity index (χ2v) is 5.11. The normalized spacial score (nSPS) is 13.4. The van der Waals surface area contributed by atoms with Gasteiger partial charge in [0.05, 0.1) is 11.4 Å². The number of pyridine rings is 1. The minimum absolute atomic E-state index is 0.0313. The maximum atomic E-state index is 12.5. The van der Waals surface area contributed by atoms with E-state index in [9.17, 15) is 13.2 Å². The highest BCUT2D eigenvalue weighted by atomic mass is 79.9. The first-order valence-electron chi connectivity index (χ1n) is 5.23. The maximum Gasteiger partial charge on any atom is 0.433 e. The number of hydrogen-bond donors (Lipinski definition) is 0. The average Bonchev–Trinajstić information content (AvgIpc) is 2.28. The van der Waals surface area contributed by atoms with Crippen LogP contribution in [0.2, 0.25) is 0 Å². The van der Waals surface area contributed by atoms with Gasteiger partial charge < -0.3 is 9.64 Å². The van der Waals surface area contributed by atoms with Crippen molar-refractivity contribution in [2.75, 3.05) is 32.2 Å². The van der Waals surface area contributed by atoms with Gasteiger partial charge in [0.1, 0.15) is 11.5 Å². The van der Waals surface area contributed by atoms with Gasteiger partial charge in [-0.2, -0.15) is 13.2 Å². The van der Waals surface area contributed by atoms with E-state index in [1.54, 1.807) is 25.1 Å². The molecule has 102 valence electrons. The Morgan fingerprint density at radius 3 is 2.67 bits per heavy atom. The summed E-state index contributed by atoms with van der Waals surface area (Å²) in [6.45, 7) is 0.978. The van der Waals surface area contributed by atoms with Crippen LogP contribution in [0.1, 0.15) is 5.69 Å². The highest BCUT2D eigenvalue weighted by Gasteiger charge is 2.32. The Balaban J connectivity index is 2.77. The van der Waals surface area contributed by atoms with Gasteiger partial charge in [-0.1, -0.05) is 22.0 Å². The van der Waals surface area contributed by atoms with E-state index in [1.165, 1.54) is 6.07 Å². The van der Waals surface area contributed by atoms with Crippen LogP contribution in [0.25, 0.3) is 0 Å². The molecule has 0 aliphatic rings. The van der Waals surface area contributed by atoms with Crippen LogP contribution in [0.3, 0.4) is 0 Å². The molecule has 0 spiro atoms. The van der Waals surface area contributed by atoms with Crippen molar-refractivity contribution in [2.24, 2.45) is 0 Å². The highest BCUT2D eigenvalue weighted by molar-refractivity contribution is 9.09. The van der Waals surface area contributed by atoms with E-state index < -0.39 is 11.9 Å². The topological polar surface area (TPSA) is 25.4 Å². The van der Waals surface area contributed by atoms with Crippen molar-refractivity contribution < 1.29 is 17.9 Å². The molecule has 1 heterocycles. The van der Waals surface area contributed by atoms with E-state index in [0.29, 0.717) is 13.2 Å². The molecule has 0 fully saturated rings. The fourth-order valence-electron chi connectivity index (χ4n) is 1.42. The molecule has 0 aliphatic heterocycles. The first kappa shape index (κ1) is 15.2. The summed E-state index contributed by atoms with van der Waals surface area (Å²) in [5, 5.41) is 0. The lowest BCUT2D eigenvalue weighted by Gasteiger charge is -2.21. The van der Waals surface area contributed by atoms with E-state index >= 15 is 0 Å². The largest absolute Gasteiger partial charge is 0.433 e. The number of nitrogens with zero attached hydrogens (tertiary/aromatic N) is 2. The van der Waals surface area contributed by atoms with Crippen molar-refractivity contribution in [3.05, 3.63) is 23.9 Å². The Kier molecular flexibility index (Phi) is 5.40. The summed E-state index contributed by atoms with van der Waals surface area (Å²) >= 11 is 3.38. The Bertz CT molecular complexity index is 387. The number of methoxy groups -OCH3 is 1. The van der Waals surface area contributed by atoms with Crippen molar-refractivity contribution in [3.63, 3.8) is 0 Å². The smallest absolute Gasteiger partial charge is 0.383 e. The quantitative estimate of drug-likeness (QED) is 0.778. The van der Waals surface area contributed by atoms with E-state index in [2.05, 4.69) is 20.9 Å². The summed E-state index contributed by atoms with van der Waals surface area (Å²) < 4.78 is 42.5. The van der Waals surface area contributed by atoms with Crippen LogP contribution in [0.15, 0.2) is 18.2 Å². The van der Waals surface area contributed by atoms with E-state index in [-0.39, 0.29) is 10.6 Å². The molecule has 0 bridgehead atoms. The second kappa shape index (κ2) is 6.38. The predicted molar refractivity (Wildman–Crippen MR) is 67.1 cm³/mol. The van der Waals surface area contributed by atoms with Crippen LogP contribution < -0.4 is 4.90 Å². The van der Waals surface area contributed by atoms with Gasteiger partial charge in [0.25, 0.3) is 0 Å². The lowest BCUT2D eigenvalue weighted by molar-refractivity contribution is -0.141. The number of anilines is 1. The molecular weight excluding hydrogens is 313 g/mol. The molecule has 1 aromatic rings. The first-order chi connectivity index (χ1) is 8.34. The lowest BCUT2D eigenvalue weighted by Crippen LogP contribution is -2.29. The molecule has 1 atom stereocenters. The Morgan fingerprint density at radius 1 is 1.44 bits per heavy atom. The molecule has 0 N–H and O–H groups in total. The van der Waals surface area contributed by atoms with E-state index in [1.807, 2.05) is 0 Å². The lowest BCUT2D eigenvalue weighted by atomic mass is 10.3. The molecule has 18 heavy (non-hydrogen) atoms. The predicted octanol–water partition coefficient (Wildman–Crippen LogP) is 2.95. The summed E-state index contributed by atoms with van der Waals surface area (Å²) in [6.07, 6.45) is -4.42. The number of rotatable bonds is 5. The zero-order valence-corrected chi connectivity index (χ0v) is 11.6. The van der Waals surface area contributed by atoms with Crippen LogP contribution >= 0.6 is 15.9 Å². The zero-order chi connectivity index (χ0) is 13.8. The SMILES string of the molecule is COCC(Br)CN(C)c1cccc(C(F)(F)F)n1. The van der Waals surface area contributed by atoms with Gasteiger partial charge in [0, 0.05) is 20.7 Å². The molecule has 3 nitrogen and oxygen atoms in total. The van der Waals surface area contributed by atoms with Gasteiger partial charge in [-0.15, -0.1) is 0 Å².